The Hall–Kier alpha value is -0.500. The summed E-state index contributed by atoms with van der Waals surface area (Å²) in [5.41, 5.74) is 0. The average molecular weight is 511 g/mol. The molecule has 0 saturated heterocycles. The van der Waals surface area contributed by atoms with Gasteiger partial charge in [0.1, 0.15) is 13.2 Å². The zero-order chi connectivity index (χ0) is 26.1. The summed E-state index contributed by atoms with van der Waals surface area (Å²) >= 11 is 0. The number of nitrogens with one attached hydrogen (secondary N) is 1. The topological polar surface area (TPSA) is 119 Å². The van der Waals surface area contributed by atoms with Crippen molar-refractivity contribution in [1.29, 1.82) is 0 Å². The van der Waals surface area contributed by atoms with Crippen LogP contribution in [0.2, 0.25) is 0 Å². The van der Waals surface area contributed by atoms with Crippen molar-refractivity contribution in [2.24, 2.45) is 0 Å². The molecule has 0 aromatic carbocycles. The van der Waals surface area contributed by atoms with Gasteiger partial charge in [-0.25, -0.2) is 4.84 Å². The fourth-order valence-electron chi connectivity index (χ4n) is 3.85. The molecule has 0 aliphatic carbocycles. The largest absolute Gasteiger partial charge is 0.756 e. The minimum atomic E-state index is -4.89. The van der Waals surface area contributed by atoms with Crippen LogP contribution in [0.4, 0.5) is 0 Å². The van der Waals surface area contributed by atoms with Gasteiger partial charge in [-0.1, -0.05) is 96.8 Å². The molecule has 0 rings (SSSR count). The predicted octanol–water partition coefficient (Wildman–Crippen LogP) is 5.22. The SMILES string of the molecule is CCCCCCCCCCCCCCCCCC(=O)NCCC[N+](C)(C)OCC.O=P([O-])(O)O. The van der Waals surface area contributed by atoms with Crippen molar-refractivity contribution in [2.45, 2.75) is 123 Å². The van der Waals surface area contributed by atoms with Crippen LogP contribution in [0.25, 0.3) is 0 Å². The molecule has 1 amide bonds. The molecule has 0 radical (unpaired) electrons. The number of hydroxylamine groups is 3. The second kappa shape index (κ2) is 24.2. The molecule has 0 unspecified atom stereocenters. The molecule has 0 aromatic heterocycles. The van der Waals surface area contributed by atoms with Gasteiger partial charge in [-0.05, 0) is 13.3 Å². The Morgan fingerprint density at radius 2 is 1.18 bits per heavy atom. The number of nitrogens with zero attached hydrogens (tertiary/aromatic N) is 1. The lowest BCUT2D eigenvalue weighted by Gasteiger charge is -2.26. The Morgan fingerprint density at radius 1 is 0.794 bits per heavy atom. The minimum absolute atomic E-state index is 0.210. The number of carbonyl (C=O) groups is 1. The lowest BCUT2D eigenvalue weighted by atomic mass is 10.0. The molecule has 206 valence electrons. The van der Waals surface area contributed by atoms with Gasteiger partial charge >= 0.3 is 0 Å². The van der Waals surface area contributed by atoms with Gasteiger partial charge in [0.05, 0.1) is 14.1 Å². The third-order valence-corrected chi connectivity index (χ3v) is 5.68. The molecule has 34 heavy (non-hydrogen) atoms. The summed E-state index contributed by atoms with van der Waals surface area (Å²) in [6, 6.07) is 0. The molecule has 3 N–H and O–H groups in total. The van der Waals surface area contributed by atoms with Gasteiger partial charge < -0.3 is 20.0 Å². The lowest BCUT2D eigenvalue weighted by molar-refractivity contribution is -1.08. The first-order valence-corrected chi connectivity index (χ1v) is 15.1. The molecule has 0 spiro atoms. The summed E-state index contributed by atoms with van der Waals surface area (Å²) in [6.07, 6.45) is 22.0. The van der Waals surface area contributed by atoms with Crippen LogP contribution in [-0.2, 0) is 14.2 Å². The van der Waals surface area contributed by atoms with E-state index in [0.717, 1.165) is 32.5 Å². The molecule has 8 nitrogen and oxygen atoms in total. The van der Waals surface area contributed by atoms with Crippen LogP contribution in [0, 0.1) is 0 Å². The van der Waals surface area contributed by atoms with E-state index in [-0.39, 0.29) is 5.91 Å². The number of rotatable bonds is 22. The Morgan fingerprint density at radius 3 is 1.56 bits per heavy atom. The summed E-state index contributed by atoms with van der Waals surface area (Å²) in [5.74, 6) is 0.210. The van der Waals surface area contributed by atoms with E-state index >= 15 is 0 Å². The van der Waals surface area contributed by atoms with Crippen LogP contribution in [0.15, 0.2) is 0 Å². The number of hydrogen-bond acceptors (Lipinski definition) is 4. The van der Waals surface area contributed by atoms with Crippen molar-refractivity contribution < 1.29 is 33.5 Å². The summed E-state index contributed by atoms with van der Waals surface area (Å²) in [7, 11) is -0.776. The smallest absolute Gasteiger partial charge is 0.262 e. The maximum Gasteiger partial charge on any atom is 0.262 e. The first kappa shape index (κ1) is 35.7. The van der Waals surface area contributed by atoms with E-state index in [9.17, 15) is 4.79 Å². The van der Waals surface area contributed by atoms with Crippen molar-refractivity contribution >= 4 is 13.7 Å². The van der Waals surface area contributed by atoms with Gasteiger partial charge in [-0.15, -0.1) is 0 Å². The van der Waals surface area contributed by atoms with E-state index in [1.807, 2.05) is 6.92 Å². The highest BCUT2D eigenvalue weighted by molar-refractivity contribution is 7.43. The maximum absolute atomic E-state index is 11.9. The van der Waals surface area contributed by atoms with Crippen LogP contribution in [-0.4, -0.2) is 54.1 Å². The molecular weight excluding hydrogens is 455 g/mol. The van der Waals surface area contributed by atoms with Crippen molar-refractivity contribution in [2.75, 3.05) is 33.8 Å². The van der Waals surface area contributed by atoms with Crippen LogP contribution < -0.4 is 10.2 Å². The Bertz CT molecular complexity index is 492. The monoisotopic (exact) mass is 510 g/mol. The van der Waals surface area contributed by atoms with Gasteiger partial charge in [-0.3, -0.25) is 9.36 Å². The number of hydrogen-bond donors (Lipinski definition) is 3. The Balaban J connectivity index is 0. The van der Waals surface area contributed by atoms with E-state index in [0.29, 0.717) is 11.1 Å². The van der Waals surface area contributed by atoms with Crippen molar-refractivity contribution in [3.63, 3.8) is 0 Å². The lowest BCUT2D eigenvalue weighted by Crippen LogP contribution is -2.41. The van der Waals surface area contributed by atoms with Crippen molar-refractivity contribution in [3.05, 3.63) is 0 Å². The first-order chi connectivity index (χ1) is 16.0. The summed E-state index contributed by atoms with van der Waals surface area (Å²) in [5, 5.41) is 3.04. The molecule has 0 atom stereocenters. The molecule has 9 heteroatoms. The Kier molecular flexibility index (Phi) is 25.4. The highest BCUT2D eigenvalue weighted by atomic mass is 31.2. The van der Waals surface area contributed by atoms with E-state index in [4.69, 9.17) is 24.1 Å². The third kappa shape index (κ3) is 36.1. The quantitative estimate of drug-likeness (QED) is 0.0795. The number of amides is 1. The van der Waals surface area contributed by atoms with E-state index in [2.05, 4.69) is 26.3 Å². The molecule has 0 heterocycles. The van der Waals surface area contributed by atoms with Crippen LogP contribution >= 0.6 is 7.82 Å². The number of unbranched alkanes of at least 4 members (excludes halogenated alkanes) is 14. The summed E-state index contributed by atoms with van der Waals surface area (Å²) in [6.45, 7) is 6.70. The molecule has 0 aliphatic rings. The summed E-state index contributed by atoms with van der Waals surface area (Å²) < 4.78 is 9.33. The normalized spacial score (nSPS) is 11.7. The van der Waals surface area contributed by atoms with E-state index in [1.165, 1.54) is 89.9 Å². The zero-order valence-electron chi connectivity index (χ0n) is 22.6. The molecule has 0 saturated carbocycles. The minimum Gasteiger partial charge on any atom is -0.756 e. The van der Waals surface area contributed by atoms with Gasteiger partial charge in [0.15, 0.2) is 0 Å². The van der Waals surface area contributed by atoms with Crippen LogP contribution in [0.1, 0.15) is 123 Å². The van der Waals surface area contributed by atoms with Crippen molar-refractivity contribution in [3.8, 4) is 0 Å². The Labute approximate surface area is 209 Å². The zero-order valence-corrected chi connectivity index (χ0v) is 23.5. The second-order valence-corrected chi connectivity index (χ2v) is 10.6. The third-order valence-electron chi connectivity index (χ3n) is 5.68. The highest BCUT2D eigenvalue weighted by Crippen LogP contribution is 2.19. The van der Waals surface area contributed by atoms with Crippen LogP contribution in [0.3, 0.4) is 0 Å². The molecule has 0 fully saturated rings. The molecule has 0 bridgehead atoms. The number of carbonyl (C=O) groups excluding carboxylic acids is 1. The molecule has 0 aromatic rings. The fourth-order valence-corrected chi connectivity index (χ4v) is 3.85. The predicted molar refractivity (Wildman–Crippen MR) is 138 cm³/mol. The summed E-state index contributed by atoms with van der Waals surface area (Å²) in [4.78, 5) is 40.4. The van der Waals surface area contributed by atoms with Gasteiger partial charge in [0, 0.05) is 19.4 Å². The molecular formula is C25H55N2O6P. The van der Waals surface area contributed by atoms with Gasteiger partial charge in [0.2, 0.25) is 5.91 Å². The van der Waals surface area contributed by atoms with Gasteiger partial charge in [0.25, 0.3) is 7.82 Å². The average Bonchev–Trinajstić information content (AvgIpc) is 2.73. The number of phosphoric acid groups is 1. The maximum atomic E-state index is 11.9. The van der Waals surface area contributed by atoms with E-state index in [1.54, 1.807) is 0 Å². The van der Waals surface area contributed by atoms with Crippen molar-refractivity contribution in [1.82, 2.24) is 5.32 Å². The number of quaternary nitrogens is 1. The molecule has 0 aliphatic heterocycles. The first-order valence-electron chi connectivity index (χ1n) is 13.5. The van der Waals surface area contributed by atoms with Gasteiger partial charge in [-0.2, -0.15) is 4.65 Å². The van der Waals surface area contributed by atoms with E-state index < -0.39 is 7.82 Å². The fraction of sp³-hybridized carbons (Fsp3) is 0.960. The highest BCUT2D eigenvalue weighted by Gasteiger charge is 2.15. The van der Waals surface area contributed by atoms with Crippen LogP contribution in [0.5, 0.6) is 0 Å². The second-order valence-electron chi connectivity index (χ2n) is 9.61. The standard InChI is InChI=1S/C25H52N2O2.H3O4P/c1-5-7-8-9-10-11-12-13-14-15-16-17-18-19-20-22-25(28)26-23-21-24-27(3,4)29-6-2;1-5(2,3)4/h5-24H2,1-4H3;(H3,1,2,3,4).